The predicted octanol–water partition coefficient (Wildman–Crippen LogP) is 2.61. The van der Waals surface area contributed by atoms with E-state index < -0.39 is 0 Å². The Morgan fingerprint density at radius 1 is 1.35 bits per heavy atom. The molecule has 1 aromatic carbocycles. The van der Waals surface area contributed by atoms with Crippen LogP contribution in [0.4, 0.5) is 16.2 Å². The molecule has 0 unspecified atom stereocenters. The summed E-state index contributed by atoms with van der Waals surface area (Å²) in [5.74, 6) is 0. The standard InChI is InChI=1S/C13H16N2O2/c16-13-15(7-8-17-13)12-6-2-5-11(9-12)14-10-3-1-4-10/h2,5-6,9-10,14H,1,3-4,7-8H2. The van der Waals surface area contributed by atoms with Crippen LogP contribution < -0.4 is 10.2 Å². The molecular formula is C13H16N2O2. The molecule has 2 fully saturated rings. The Hall–Kier alpha value is -1.71. The quantitative estimate of drug-likeness (QED) is 0.871. The summed E-state index contributed by atoms with van der Waals surface area (Å²) < 4.78 is 4.94. The molecule has 0 atom stereocenters. The Morgan fingerprint density at radius 2 is 2.24 bits per heavy atom. The summed E-state index contributed by atoms with van der Waals surface area (Å²) in [6, 6.07) is 8.59. The predicted molar refractivity (Wildman–Crippen MR) is 66.4 cm³/mol. The summed E-state index contributed by atoms with van der Waals surface area (Å²) in [7, 11) is 0. The van der Waals surface area contributed by atoms with Crippen molar-refractivity contribution in [1.29, 1.82) is 0 Å². The minimum absolute atomic E-state index is 0.245. The molecule has 3 rings (SSSR count). The number of rotatable bonds is 3. The molecule has 2 aliphatic rings. The highest BCUT2D eigenvalue weighted by Crippen LogP contribution is 2.26. The van der Waals surface area contributed by atoms with Crippen molar-refractivity contribution in [2.45, 2.75) is 25.3 Å². The summed E-state index contributed by atoms with van der Waals surface area (Å²) in [5, 5.41) is 3.48. The van der Waals surface area contributed by atoms with Gasteiger partial charge < -0.3 is 10.1 Å². The maximum atomic E-state index is 11.5. The fraction of sp³-hybridized carbons (Fsp3) is 0.462. The van der Waals surface area contributed by atoms with Gasteiger partial charge in [0.2, 0.25) is 0 Å². The van der Waals surface area contributed by atoms with Crippen LogP contribution in [-0.2, 0) is 4.74 Å². The third kappa shape index (κ3) is 2.07. The zero-order chi connectivity index (χ0) is 11.7. The van der Waals surface area contributed by atoms with Crippen LogP contribution in [0.15, 0.2) is 24.3 Å². The maximum Gasteiger partial charge on any atom is 0.414 e. The molecule has 90 valence electrons. The summed E-state index contributed by atoms with van der Waals surface area (Å²) in [6.07, 6.45) is 3.56. The Morgan fingerprint density at radius 3 is 2.88 bits per heavy atom. The number of carbonyl (C=O) groups excluding carboxylic acids is 1. The van der Waals surface area contributed by atoms with E-state index in [9.17, 15) is 4.79 Å². The Labute approximate surface area is 101 Å². The Balaban J connectivity index is 1.75. The van der Waals surface area contributed by atoms with Crippen LogP contribution in [-0.4, -0.2) is 25.3 Å². The van der Waals surface area contributed by atoms with Gasteiger partial charge in [0, 0.05) is 17.4 Å². The van der Waals surface area contributed by atoms with Gasteiger partial charge in [0.15, 0.2) is 0 Å². The normalized spacial score (nSPS) is 20.0. The Kier molecular flexibility index (Phi) is 2.63. The summed E-state index contributed by atoms with van der Waals surface area (Å²) in [4.78, 5) is 13.1. The van der Waals surface area contributed by atoms with E-state index in [2.05, 4.69) is 5.32 Å². The zero-order valence-corrected chi connectivity index (χ0v) is 9.69. The van der Waals surface area contributed by atoms with Gasteiger partial charge in [-0.15, -0.1) is 0 Å². The number of benzene rings is 1. The van der Waals surface area contributed by atoms with E-state index >= 15 is 0 Å². The van der Waals surface area contributed by atoms with E-state index in [0.717, 1.165) is 11.4 Å². The second-order valence-corrected chi connectivity index (χ2v) is 4.59. The minimum atomic E-state index is -0.245. The van der Waals surface area contributed by atoms with Gasteiger partial charge in [-0.3, -0.25) is 4.90 Å². The number of hydrogen-bond acceptors (Lipinski definition) is 3. The van der Waals surface area contributed by atoms with E-state index in [0.29, 0.717) is 19.2 Å². The van der Waals surface area contributed by atoms with Crippen LogP contribution in [0.5, 0.6) is 0 Å². The average molecular weight is 232 g/mol. The second kappa shape index (κ2) is 4.28. The third-order valence-corrected chi connectivity index (χ3v) is 3.39. The van der Waals surface area contributed by atoms with Crippen LogP contribution in [0.3, 0.4) is 0 Å². The van der Waals surface area contributed by atoms with Crippen molar-refractivity contribution in [3.8, 4) is 0 Å². The van der Waals surface area contributed by atoms with Crippen LogP contribution in [0.2, 0.25) is 0 Å². The topological polar surface area (TPSA) is 41.6 Å². The highest BCUT2D eigenvalue weighted by Gasteiger charge is 2.24. The fourth-order valence-electron chi connectivity index (χ4n) is 2.18. The lowest BCUT2D eigenvalue weighted by Crippen LogP contribution is -2.27. The molecule has 1 N–H and O–H groups in total. The number of hydrogen-bond donors (Lipinski definition) is 1. The van der Waals surface area contributed by atoms with Crippen molar-refractivity contribution in [3.05, 3.63) is 24.3 Å². The molecular weight excluding hydrogens is 216 g/mol. The van der Waals surface area contributed by atoms with Crippen LogP contribution in [0.25, 0.3) is 0 Å². The minimum Gasteiger partial charge on any atom is -0.447 e. The van der Waals surface area contributed by atoms with Gasteiger partial charge in [-0.2, -0.15) is 0 Å². The van der Waals surface area contributed by atoms with Gasteiger partial charge in [0.25, 0.3) is 0 Å². The van der Waals surface area contributed by atoms with Gasteiger partial charge >= 0.3 is 6.09 Å². The highest BCUT2D eigenvalue weighted by molar-refractivity contribution is 5.89. The summed E-state index contributed by atoms with van der Waals surface area (Å²) >= 11 is 0. The molecule has 0 spiro atoms. The molecule has 0 aromatic heterocycles. The first-order chi connectivity index (χ1) is 8.33. The number of nitrogens with zero attached hydrogens (tertiary/aromatic N) is 1. The molecule has 17 heavy (non-hydrogen) atoms. The van der Waals surface area contributed by atoms with Crippen molar-refractivity contribution < 1.29 is 9.53 Å². The zero-order valence-electron chi connectivity index (χ0n) is 9.69. The van der Waals surface area contributed by atoms with E-state index in [-0.39, 0.29) is 6.09 Å². The molecule has 1 amide bonds. The maximum absolute atomic E-state index is 11.5. The summed E-state index contributed by atoms with van der Waals surface area (Å²) in [5.41, 5.74) is 2.00. The smallest absolute Gasteiger partial charge is 0.414 e. The lowest BCUT2D eigenvalue weighted by molar-refractivity contribution is 0.181. The van der Waals surface area contributed by atoms with Crippen LogP contribution >= 0.6 is 0 Å². The lowest BCUT2D eigenvalue weighted by atomic mass is 9.93. The third-order valence-electron chi connectivity index (χ3n) is 3.39. The van der Waals surface area contributed by atoms with Gasteiger partial charge in [-0.25, -0.2) is 4.79 Å². The molecule has 1 aliphatic heterocycles. The molecule has 1 heterocycles. The first-order valence-electron chi connectivity index (χ1n) is 6.14. The number of nitrogens with one attached hydrogen (secondary N) is 1. The number of carbonyl (C=O) groups is 1. The van der Waals surface area contributed by atoms with Crippen molar-refractivity contribution >= 4 is 17.5 Å². The molecule has 1 aliphatic carbocycles. The molecule has 1 saturated carbocycles. The van der Waals surface area contributed by atoms with E-state index in [4.69, 9.17) is 4.74 Å². The van der Waals surface area contributed by atoms with Crippen LogP contribution in [0.1, 0.15) is 19.3 Å². The molecule has 1 aromatic rings. The molecule has 4 heteroatoms. The number of anilines is 2. The number of amides is 1. The van der Waals surface area contributed by atoms with Gasteiger partial charge in [0.1, 0.15) is 6.61 Å². The second-order valence-electron chi connectivity index (χ2n) is 4.59. The largest absolute Gasteiger partial charge is 0.447 e. The van der Waals surface area contributed by atoms with Crippen molar-refractivity contribution in [1.82, 2.24) is 0 Å². The van der Waals surface area contributed by atoms with E-state index in [1.807, 2.05) is 24.3 Å². The van der Waals surface area contributed by atoms with Crippen LogP contribution in [0, 0.1) is 0 Å². The number of cyclic esters (lactones) is 1. The number of ether oxygens (including phenoxy) is 1. The van der Waals surface area contributed by atoms with E-state index in [1.165, 1.54) is 19.3 Å². The first-order valence-corrected chi connectivity index (χ1v) is 6.14. The summed E-state index contributed by atoms with van der Waals surface area (Å²) in [6.45, 7) is 1.13. The van der Waals surface area contributed by atoms with Crippen molar-refractivity contribution in [2.75, 3.05) is 23.4 Å². The van der Waals surface area contributed by atoms with Crippen molar-refractivity contribution in [2.24, 2.45) is 0 Å². The molecule has 4 nitrogen and oxygen atoms in total. The molecule has 0 radical (unpaired) electrons. The van der Waals surface area contributed by atoms with Gasteiger partial charge in [-0.1, -0.05) is 6.07 Å². The Bertz CT molecular complexity index is 429. The average Bonchev–Trinajstić information content (AvgIpc) is 2.71. The van der Waals surface area contributed by atoms with Gasteiger partial charge in [0.05, 0.1) is 6.54 Å². The monoisotopic (exact) mass is 232 g/mol. The highest BCUT2D eigenvalue weighted by atomic mass is 16.6. The lowest BCUT2D eigenvalue weighted by Gasteiger charge is -2.28. The van der Waals surface area contributed by atoms with Gasteiger partial charge in [-0.05, 0) is 37.5 Å². The van der Waals surface area contributed by atoms with Crippen molar-refractivity contribution in [3.63, 3.8) is 0 Å². The fourth-order valence-corrected chi connectivity index (χ4v) is 2.18. The van der Waals surface area contributed by atoms with E-state index in [1.54, 1.807) is 4.90 Å². The molecule has 1 saturated heterocycles. The SMILES string of the molecule is O=C1OCCN1c1cccc(NC2CCC2)c1. The first kappa shape index (κ1) is 10.4. The molecule has 0 bridgehead atoms.